The van der Waals surface area contributed by atoms with Crippen LogP contribution in [-0.4, -0.2) is 33.3 Å². The standard InChI is InChI=1S/C38H51NO4Si/c1-8-42-37(41)32(4)36(40)26-25-30(2)17-15-19-33(29-39)20-16-18-31(3)27-28-43-44(38(5,6)7,34-21-11-9-12-22-34)35-23-13-10-14-24-35/h9-14,17,20-24,27,32H,8,15-16,18-19,25-26,28H2,1-7H3/b30-17+,31-27+,33-20-. The van der Waals surface area contributed by atoms with Crippen LogP contribution in [0.1, 0.15) is 87.0 Å². The van der Waals surface area contributed by atoms with Crippen molar-refractivity contribution in [2.24, 2.45) is 5.92 Å². The molecular formula is C38H51NO4Si. The second-order valence-electron chi connectivity index (χ2n) is 12.4. The van der Waals surface area contributed by atoms with Crippen LogP contribution in [0.25, 0.3) is 0 Å². The lowest BCUT2D eigenvalue weighted by Crippen LogP contribution is -2.66. The van der Waals surface area contributed by atoms with Crippen molar-refractivity contribution in [1.82, 2.24) is 0 Å². The van der Waals surface area contributed by atoms with Crippen LogP contribution >= 0.6 is 0 Å². The molecule has 1 unspecified atom stereocenters. The summed E-state index contributed by atoms with van der Waals surface area (Å²) in [4.78, 5) is 24.0. The normalized spacial score (nSPS) is 13.7. The van der Waals surface area contributed by atoms with Gasteiger partial charge in [-0.1, -0.05) is 111 Å². The van der Waals surface area contributed by atoms with Gasteiger partial charge in [-0.3, -0.25) is 9.59 Å². The van der Waals surface area contributed by atoms with E-state index in [2.05, 4.69) is 107 Å². The number of ketones is 1. The number of nitriles is 1. The number of carbonyl (C=O) groups excluding carboxylic acids is 2. The molecule has 0 fully saturated rings. The van der Waals surface area contributed by atoms with E-state index in [0.717, 1.165) is 30.4 Å². The smallest absolute Gasteiger partial charge is 0.316 e. The average Bonchev–Trinajstić information content (AvgIpc) is 3.01. The zero-order chi connectivity index (χ0) is 32.6. The number of benzene rings is 2. The Kier molecular flexibility index (Phi) is 15.3. The minimum absolute atomic E-state index is 0.0642. The first-order chi connectivity index (χ1) is 21.0. The summed E-state index contributed by atoms with van der Waals surface area (Å²) in [6, 6.07) is 23.7. The van der Waals surface area contributed by atoms with Crippen molar-refractivity contribution in [3.8, 4) is 6.07 Å². The Labute approximate surface area is 266 Å². The zero-order valence-corrected chi connectivity index (χ0v) is 28.8. The lowest BCUT2D eigenvalue weighted by molar-refractivity contribution is -0.150. The number of Topliss-reactive ketones (excluding diaryl/α,β-unsaturated/α-hetero) is 1. The van der Waals surface area contributed by atoms with Crippen LogP contribution < -0.4 is 10.4 Å². The molecule has 0 radical (unpaired) electrons. The third-order valence-electron chi connectivity index (χ3n) is 8.02. The molecule has 0 N–H and O–H groups in total. The van der Waals surface area contributed by atoms with Crippen molar-refractivity contribution < 1.29 is 18.8 Å². The van der Waals surface area contributed by atoms with E-state index in [1.165, 1.54) is 15.9 Å². The van der Waals surface area contributed by atoms with Crippen LogP contribution in [0.3, 0.4) is 0 Å². The zero-order valence-electron chi connectivity index (χ0n) is 27.8. The fourth-order valence-corrected chi connectivity index (χ4v) is 9.85. The number of esters is 1. The summed E-state index contributed by atoms with van der Waals surface area (Å²) in [5.41, 5.74) is 3.11. The number of ether oxygens (including phenoxy) is 1. The number of hydrogen-bond donors (Lipinski definition) is 0. The molecular weight excluding hydrogens is 563 g/mol. The van der Waals surface area contributed by atoms with Gasteiger partial charge in [-0.2, -0.15) is 5.26 Å². The SMILES string of the molecule is CCOC(=O)C(C)C(=O)CC/C(C)=C/CC/C(C#N)=C/CC/C(C)=C/CO[Si](c1ccccc1)(c1ccccc1)C(C)(C)C. The van der Waals surface area contributed by atoms with E-state index >= 15 is 0 Å². The third-order valence-corrected chi connectivity index (χ3v) is 13.0. The highest BCUT2D eigenvalue weighted by Crippen LogP contribution is 2.36. The highest BCUT2D eigenvalue weighted by Gasteiger charge is 2.49. The number of allylic oxidation sites excluding steroid dienone is 5. The molecule has 0 bridgehead atoms. The lowest BCUT2D eigenvalue weighted by atomic mass is 9.99. The minimum atomic E-state index is -2.57. The van der Waals surface area contributed by atoms with Gasteiger partial charge in [-0.25, -0.2) is 0 Å². The fourth-order valence-electron chi connectivity index (χ4n) is 5.36. The first kappa shape index (κ1) is 36.7. The lowest BCUT2D eigenvalue weighted by Gasteiger charge is -2.42. The van der Waals surface area contributed by atoms with E-state index in [1.807, 2.05) is 13.0 Å². The van der Waals surface area contributed by atoms with Crippen molar-refractivity contribution in [2.45, 2.75) is 92.0 Å². The van der Waals surface area contributed by atoms with Crippen LogP contribution in [0, 0.1) is 17.2 Å². The van der Waals surface area contributed by atoms with Crippen LogP contribution in [0.2, 0.25) is 5.04 Å². The third kappa shape index (κ3) is 10.9. The van der Waals surface area contributed by atoms with Gasteiger partial charge >= 0.3 is 5.97 Å². The fraction of sp³-hybridized carbons (Fsp3) is 0.447. The van der Waals surface area contributed by atoms with Gasteiger partial charge in [0.25, 0.3) is 8.32 Å². The molecule has 236 valence electrons. The van der Waals surface area contributed by atoms with Crippen molar-refractivity contribution in [3.05, 3.63) is 95.6 Å². The minimum Gasteiger partial charge on any atom is -0.465 e. The molecule has 2 aromatic carbocycles. The van der Waals surface area contributed by atoms with Gasteiger partial charge in [0.05, 0.1) is 19.3 Å². The highest BCUT2D eigenvalue weighted by atomic mass is 28.4. The van der Waals surface area contributed by atoms with E-state index in [-0.39, 0.29) is 17.4 Å². The second kappa shape index (κ2) is 18.3. The largest absolute Gasteiger partial charge is 0.465 e. The Balaban J connectivity index is 1.95. The van der Waals surface area contributed by atoms with Crippen LogP contribution in [0.4, 0.5) is 0 Å². The van der Waals surface area contributed by atoms with Crippen molar-refractivity contribution >= 4 is 30.4 Å². The molecule has 2 aromatic rings. The van der Waals surface area contributed by atoms with Crippen molar-refractivity contribution in [1.29, 1.82) is 5.26 Å². The monoisotopic (exact) mass is 613 g/mol. The van der Waals surface area contributed by atoms with Crippen molar-refractivity contribution in [2.75, 3.05) is 13.2 Å². The van der Waals surface area contributed by atoms with Gasteiger partial charge in [0.15, 0.2) is 0 Å². The molecule has 0 saturated carbocycles. The maximum atomic E-state index is 12.3. The predicted octanol–water partition coefficient (Wildman–Crippen LogP) is 8.01. The van der Waals surface area contributed by atoms with Crippen LogP contribution in [0.5, 0.6) is 0 Å². The van der Waals surface area contributed by atoms with E-state index in [9.17, 15) is 14.9 Å². The van der Waals surface area contributed by atoms with E-state index < -0.39 is 20.2 Å². The number of nitrogens with zero attached hydrogens (tertiary/aromatic N) is 1. The molecule has 44 heavy (non-hydrogen) atoms. The molecule has 0 saturated heterocycles. The van der Waals surface area contributed by atoms with Gasteiger partial charge in [-0.15, -0.1) is 0 Å². The van der Waals surface area contributed by atoms with Gasteiger partial charge in [0.2, 0.25) is 0 Å². The summed E-state index contributed by atoms with van der Waals surface area (Å²) < 4.78 is 11.9. The predicted molar refractivity (Wildman–Crippen MR) is 183 cm³/mol. The summed E-state index contributed by atoms with van der Waals surface area (Å²) in [7, 11) is -2.57. The number of carbonyl (C=O) groups is 2. The van der Waals surface area contributed by atoms with Crippen LogP contribution in [-0.2, 0) is 18.8 Å². The molecule has 0 aromatic heterocycles. The Bertz CT molecular complexity index is 1290. The van der Waals surface area contributed by atoms with Gasteiger partial charge in [-0.05, 0) is 75.2 Å². The van der Waals surface area contributed by atoms with E-state index in [4.69, 9.17) is 9.16 Å². The molecule has 0 aliphatic rings. The quantitative estimate of drug-likeness (QED) is 0.0594. The number of hydrogen-bond acceptors (Lipinski definition) is 5. The summed E-state index contributed by atoms with van der Waals surface area (Å²) in [5.74, 6) is -1.29. The Morgan fingerprint density at radius 1 is 0.841 bits per heavy atom. The topological polar surface area (TPSA) is 76.4 Å². The molecule has 5 nitrogen and oxygen atoms in total. The second-order valence-corrected chi connectivity index (χ2v) is 16.7. The van der Waals surface area contributed by atoms with Crippen molar-refractivity contribution in [3.63, 3.8) is 0 Å². The first-order valence-corrected chi connectivity index (χ1v) is 17.7. The van der Waals surface area contributed by atoms with Gasteiger partial charge in [0, 0.05) is 12.0 Å². The molecule has 0 spiro atoms. The average molecular weight is 614 g/mol. The first-order valence-electron chi connectivity index (χ1n) is 15.8. The number of rotatable bonds is 17. The maximum absolute atomic E-state index is 12.3. The summed E-state index contributed by atoms with van der Waals surface area (Å²) in [6.45, 7) is 15.1. The van der Waals surface area contributed by atoms with Gasteiger partial charge < -0.3 is 9.16 Å². The van der Waals surface area contributed by atoms with Gasteiger partial charge in [0.1, 0.15) is 11.7 Å². The summed E-state index contributed by atoms with van der Waals surface area (Å²) >= 11 is 0. The molecule has 0 aliphatic heterocycles. The van der Waals surface area contributed by atoms with E-state index in [1.54, 1.807) is 13.8 Å². The van der Waals surface area contributed by atoms with Crippen LogP contribution in [0.15, 0.2) is 95.6 Å². The molecule has 2 rings (SSSR count). The van der Waals surface area contributed by atoms with E-state index in [0.29, 0.717) is 25.9 Å². The Hall–Kier alpha value is -3.53. The highest BCUT2D eigenvalue weighted by molar-refractivity contribution is 6.99. The molecule has 1 atom stereocenters. The molecule has 0 heterocycles. The Morgan fingerprint density at radius 3 is 1.91 bits per heavy atom. The maximum Gasteiger partial charge on any atom is 0.316 e. The summed E-state index contributed by atoms with van der Waals surface area (Å²) in [5, 5.41) is 12.1. The molecule has 6 heteroatoms. The summed E-state index contributed by atoms with van der Waals surface area (Å²) in [6.07, 6.45) is 10.3. The Morgan fingerprint density at radius 2 is 1.39 bits per heavy atom. The molecule has 0 aliphatic carbocycles. The molecule has 0 amide bonds.